The van der Waals surface area contributed by atoms with Gasteiger partial charge in [0.25, 0.3) is 0 Å². The van der Waals surface area contributed by atoms with E-state index in [1.165, 1.54) is 32.9 Å². The lowest BCUT2D eigenvalue weighted by molar-refractivity contribution is -0.00000500. The second-order valence-electron chi connectivity index (χ2n) is 6.53. The predicted molar refractivity (Wildman–Crippen MR) is 107 cm³/mol. The van der Waals surface area contributed by atoms with Crippen LogP contribution in [0.5, 0.6) is 0 Å². The van der Waals surface area contributed by atoms with Gasteiger partial charge in [0, 0.05) is 34.9 Å². The fourth-order valence-corrected chi connectivity index (χ4v) is 3.66. The average molecular weight is 364 g/mol. The molecule has 2 nitrogen and oxygen atoms in total. The topological polar surface area (TPSA) is 17.0 Å². The Labute approximate surface area is 161 Å². The van der Waals surface area contributed by atoms with Crippen LogP contribution < -0.4 is 17.7 Å². The quantitative estimate of drug-likeness (QED) is 0.519. The number of halogens is 1. The summed E-state index contributed by atoms with van der Waals surface area (Å²) in [5, 5.41) is 6.29. The minimum absolute atomic E-state index is 0. The number of nitrogens with zero attached hydrogens (tertiary/aromatic N) is 1. The standard InChI is InChI=1S/C23H24N2.ClH/c1-2-25-22-11-7-6-10-20(22)21-16-19(12-13-23(21)25)17-24-15-14-18-8-4-3-5-9-18;/h3-13,16,24H,2,14-15,17H2,1H3;1H/p-1. The first-order chi connectivity index (χ1) is 12.4. The highest BCUT2D eigenvalue weighted by molar-refractivity contribution is 6.08. The fourth-order valence-electron chi connectivity index (χ4n) is 3.66. The fraction of sp³-hybridized carbons (Fsp3) is 0.217. The van der Waals surface area contributed by atoms with Gasteiger partial charge in [-0.25, -0.2) is 0 Å². The Morgan fingerprint density at radius 1 is 0.769 bits per heavy atom. The van der Waals surface area contributed by atoms with E-state index in [0.29, 0.717) is 0 Å². The highest BCUT2D eigenvalue weighted by Gasteiger charge is 2.09. The number of para-hydroxylation sites is 1. The van der Waals surface area contributed by atoms with Crippen molar-refractivity contribution in [3.8, 4) is 0 Å². The van der Waals surface area contributed by atoms with Gasteiger partial charge < -0.3 is 22.3 Å². The molecule has 0 unspecified atom stereocenters. The Morgan fingerprint density at radius 2 is 1.50 bits per heavy atom. The second-order valence-corrected chi connectivity index (χ2v) is 6.53. The molecule has 1 N–H and O–H groups in total. The van der Waals surface area contributed by atoms with Crippen LogP contribution in [0.15, 0.2) is 72.8 Å². The Bertz CT molecular complexity index is 989. The molecule has 0 bridgehead atoms. The van der Waals surface area contributed by atoms with Gasteiger partial charge in [-0.15, -0.1) is 0 Å². The van der Waals surface area contributed by atoms with Crippen LogP contribution in [-0.4, -0.2) is 11.1 Å². The van der Waals surface area contributed by atoms with Gasteiger partial charge >= 0.3 is 0 Å². The number of rotatable bonds is 6. The number of benzene rings is 3. The van der Waals surface area contributed by atoms with E-state index in [9.17, 15) is 0 Å². The molecular weight excluding hydrogens is 340 g/mol. The molecule has 0 radical (unpaired) electrons. The van der Waals surface area contributed by atoms with Crippen molar-refractivity contribution < 1.29 is 12.4 Å². The third kappa shape index (κ3) is 3.62. The van der Waals surface area contributed by atoms with Crippen LogP contribution in [0.2, 0.25) is 0 Å². The van der Waals surface area contributed by atoms with Gasteiger partial charge in [-0.3, -0.25) is 0 Å². The van der Waals surface area contributed by atoms with Crippen molar-refractivity contribution in [2.45, 2.75) is 26.4 Å². The van der Waals surface area contributed by atoms with Crippen molar-refractivity contribution in [1.29, 1.82) is 0 Å². The van der Waals surface area contributed by atoms with Crippen LogP contribution in [0.1, 0.15) is 18.1 Å². The summed E-state index contributed by atoms with van der Waals surface area (Å²) in [6, 6.07) is 26.2. The summed E-state index contributed by atoms with van der Waals surface area (Å²) in [5.74, 6) is 0. The normalized spacial score (nSPS) is 11.0. The molecule has 0 saturated carbocycles. The van der Waals surface area contributed by atoms with Crippen molar-refractivity contribution >= 4 is 21.8 Å². The van der Waals surface area contributed by atoms with E-state index in [1.807, 2.05) is 0 Å². The lowest BCUT2D eigenvalue weighted by Crippen LogP contribution is -3.00. The SMILES string of the molecule is CCn1c2ccccc2c2cc(CNCCc3ccccc3)ccc21.[Cl-]. The number of aromatic nitrogens is 1. The summed E-state index contributed by atoms with van der Waals surface area (Å²) in [6.45, 7) is 5.12. The first-order valence-electron chi connectivity index (χ1n) is 9.11. The lowest BCUT2D eigenvalue weighted by Gasteiger charge is -2.07. The van der Waals surface area contributed by atoms with Gasteiger partial charge in [0.15, 0.2) is 0 Å². The zero-order valence-corrected chi connectivity index (χ0v) is 15.8. The van der Waals surface area contributed by atoms with Gasteiger partial charge in [-0.1, -0.05) is 54.6 Å². The highest BCUT2D eigenvalue weighted by atomic mass is 35.5. The molecule has 0 amide bonds. The molecule has 0 fully saturated rings. The molecular formula is C23H24ClN2-. The van der Waals surface area contributed by atoms with Crippen molar-refractivity contribution in [3.63, 3.8) is 0 Å². The lowest BCUT2D eigenvalue weighted by atomic mass is 10.1. The van der Waals surface area contributed by atoms with Crippen LogP contribution in [0.25, 0.3) is 21.8 Å². The number of hydrogen-bond acceptors (Lipinski definition) is 1. The minimum Gasteiger partial charge on any atom is -1.00 e. The smallest absolute Gasteiger partial charge is 0.0491 e. The summed E-state index contributed by atoms with van der Waals surface area (Å²) >= 11 is 0. The molecule has 3 heteroatoms. The molecule has 0 atom stereocenters. The number of fused-ring (bicyclic) bond motifs is 3. The van der Waals surface area contributed by atoms with E-state index < -0.39 is 0 Å². The van der Waals surface area contributed by atoms with Crippen LogP contribution in [-0.2, 0) is 19.5 Å². The van der Waals surface area contributed by atoms with E-state index >= 15 is 0 Å². The third-order valence-corrected chi connectivity index (χ3v) is 4.92. The summed E-state index contributed by atoms with van der Waals surface area (Å²) < 4.78 is 2.40. The zero-order valence-electron chi connectivity index (χ0n) is 15.1. The first kappa shape index (κ1) is 18.5. The summed E-state index contributed by atoms with van der Waals surface area (Å²) in [4.78, 5) is 0. The summed E-state index contributed by atoms with van der Waals surface area (Å²) in [7, 11) is 0. The van der Waals surface area contributed by atoms with Gasteiger partial charge in [0.2, 0.25) is 0 Å². The highest BCUT2D eigenvalue weighted by Crippen LogP contribution is 2.29. The van der Waals surface area contributed by atoms with E-state index in [2.05, 4.69) is 89.6 Å². The molecule has 0 saturated heterocycles. The predicted octanol–water partition coefficient (Wildman–Crippen LogP) is 2.15. The molecule has 0 spiro atoms. The molecule has 1 heterocycles. The second kappa shape index (κ2) is 8.39. The van der Waals surface area contributed by atoms with Crippen LogP contribution in [0.3, 0.4) is 0 Å². The van der Waals surface area contributed by atoms with Crippen molar-refractivity contribution in [1.82, 2.24) is 9.88 Å². The summed E-state index contributed by atoms with van der Waals surface area (Å²) in [6.07, 6.45) is 1.07. The molecule has 3 aromatic carbocycles. The summed E-state index contributed by atoms with van der Waals surface area (Å²) in [5.41, 5.74) is 5.39. The number of aryl methyl sites for hydroxylation is 1. The molecule has 0 aliphatic carbocycles. The zero-order chi connectivity index (χ0) is 17.1. The molecule has 4 aromatic rings. The van der Waals surface area contributed by atoms with Crippen molar-refractivity contribution in [2.24, 2.45) is 0 Å². The van der Waals surface area contributed by atoms with E-state index in [4.69, 9.17) is 0 Å². The maximum atomic E-state index is 3.58. The van der Waals surface area contributed by atoms with Gasteiger partial charge in [-0.2, -0.15) is 0 Å². The maximum absolute atomic E-state index is 3.58. The Hall–Kier alpha value is -2.29. The van der Waals surface area contributed by atoms with Crippen molar-refractivity contribution in [3.05, 3.63) is 83.9 Å². The largest absolute Gasteiger partial charge is 1.00 e. The first-order valence-corrected chi connectivity index (χ1v) is 9.11. The van der Waals surface area contributed by atoms with Gasteiger partial charge in [-0.05, 0) is 49.2 Å². The number of nitrogens with one attached hydrogen (secondary N) is 1. The third-order valence-electron chi connectivity index (χ3n) is 4.92. The molecule has 1 aromatic heterocycles. The average Bonchev–Trinajstić information content (AvgIpc) is 2.99. The molecule has 134 valence electrons. The minimum atomic E-state index is 0. The van der Waals surface area contributed by atoms with Crippen LogP contribution >= 0.6 is 0 Å². The Balaban J connectivity index is 0.00000196. The van der Waals surface area contributed by atoms with Crippen LogP contribution in [0.4, 0.5) is 0 Å². The van der Waals surface area contributed by atoms with Crippen LogP contribution in [0, 0.1) is 0 Å². The Morgan fingerprint density at radius 3 is 2.31 bits per heavy atom. The van der Waals surface area contributed by atoms with E-state index in [1.54, 1.807) is 0 Å². The number of hydrogen-bond donors (Lipinski definition) is 1. The Kier molecular flexibility index (Phi) is 5.97. The molecule has 0 aliphatic rings. The van der Waals surface area contributed by atoms with E-state index in [-0.39, 0.29) is 12.4 Å². The molecule has 26 heavy (non-hydrogen) atoms. The van der Waals surface area contributed by atoms with E-state index in [0.717, 1.165) is 26.1 Å². The maximum Gasteiger partial charge on any atom is 0.0491 e. The molecule has 0 aliphatic heterocycles. The molecule has 4 rings (SSSR count). The van der Waals surface area contributed by atoms with Gasteiger partial charge in [0.1, 0.15) is 0 Å². The monoisotopic (exact) mass is 363 g/mol. The van der Waals surface area contributed by atoms with Crippen molar-refractivity contribution in [2.75, 3.05) is 6.54 Å². The van der Waals surface area contributed by atoms with Gasteiger partial charge in [0.05, 0.1) is 0 Å².